The number of nitrogens with one attached hydrogen (secondary N) is 1. The Kier molecular flexibility index (Phi) is 7.46. The quantitative estimate of drug-likeness (QED) is 0.422. The second kappa shape index (κ2) is 10.4. The summed E-state index contributed by atoms with van der Waals surface area (Å²) in [7, 11) is -2.51. The molecule has 36 heavy (non-hydrogen) atoms. The summed E-state index contributed by atoms with van der Waals surface area (Å²) < 4.78 is 83.2. The molecule has 0 unspecified atom stereocenters. The zero-order valence-corrected chi connectivity index (χ0v) is 20.1. The predicted molar refractivity (Wildman–Crippen MR) is 119 cm³/mol. The summed E-state index contributed by atoms with van der Waals surface area (Å²) in [6.07, 6.45) is -0.643. The van der Waals surface area contributed by atoms with Gasteiger partial charge in [0.25, 0.3) is 5.88 Å². The van der Waals surface area contributed by atoms with Gasteiger partial charge in [0, 0.05) is 32.1 Å². The first-order chi connectivity index (χ1) is 17.1. The van der Waals surface area contributed by atoms with Gasteiger partial charge < -0.3 is 14.2 Å². The van der Waals surface area contributed by atoms with E-state index in [1.54, 1.807) is 0 Å². The monoisotopic (exact) mass is 549 g/mol. The molecule has 0 radical (unpaired) electrons. The molecule has 0 saturated carbocycles. The van der Waals surface area contributed by atoms with Crippen molar-refractivity contribution in [3.8, 4) is 23.0 Å². The van der Waals surface area contributed by atoms with E-state index in [2.05, 4.69) is 29.9 Å². The SMILES string of the molecule is COC[C@@H]1COc2c(ccnc2OCC(F)(F)F)-c2nnc(NS(=O)(=O)CCc3ncc(Cl)cn3)n21. The molecule has 1 aliphatic heterocycles. The second-order valence-electron chi connectivity index (χ2n) is 7.52. The van der Waals surface area contributed by atoms with Crippen LogP contribution in [0, 0.1) is 0 Å². The van der Waals surface area contributed by atoms with Crippen LogP contribution in [0.25, 0.3) is 11.4 Å². The number of halogens is 4. The van der Waals surface area contributed by atoms with Crippen LogP contribution >= 0.6 is 11.6 Å². The summed E-state index contributed by atoms with van der Waals surface area (Å²) in [6, 6.07) is 0.807. The van der Waals surface area contributed by atoms with Crippen LogP contribution < -0.4 is 14.2 Å². The normalized spacial score (nSPS) is 15.4. The van der Waals surface area contributed by atoms with Gasteiger partial charge in [0.2, 0.25) is 16.0 Å². The molecule has 0 fully saturated rings. The standard InChI is InChI=1S/C19H19ClF3N7O5S/c1-33-8-12-9-34-15-13(2-4-24-17(15)35-10-19(21,22)23)16-27-28-18(30(12)16)29-36(31,32)5-3-14-25-6-11(20)7-26-14/h2,4,6-7,12H,3,5,8-10H2,1H3,(H,28,29)/t12-/m1/s1. The Balaban J connectivity index is 1.63. The molecule has 0 aliphatic carbocycles. The minimum atomic E-state index is -4.59. The number of ether oxygens (including phenoxy) is 3. The molecular weight excluding hydrogens is 531 g/mol. The van der Waals surface area contributed by atoms with E-state index in [4.69, 9.17) is 25.8 Å². The molecule has 0 aromatic carbocycles. The average molecular weight is 550 g/mol. The van der Waals surface area contributed by atoms with Crippen molar-refractivity contribution in [1.82, 2.24) is 29.7 Å². The first kappa shape index (κ1) is 25.8. The number of methoxy groups -OCH3 is 1. The van der Waals surface area contributed by atoms with Crippen molar-refractivity contribution < 1.29 is 35.8 Å². The van der Waals surface area contributed by atoms with Gasteiger partial charge in [0.05, 0.1) is 29.0 Å². The van der Waals surface area contributed by atoms with Gasteiger partial charge in [0.15, 0.2) is 18.2 Å². The van der Waals surface area contributed by atoms with Gasteiger partial charge in [-0.3, -0.25) is 9.29 Å². The maximum atomic E-state index is 12.8. The number of pyridine rings is 1. The van der Waals surface area contributed by atoms with Crippen molar-refractivity contribution in [2.24, 2.45) is 0 Å². The van der Waals surface area contributed by atoms with Gasteiger partial charge in [-0.25, -0.2) is 23.4 Å². The highest BCUT2D eigenvalue weighted by molar-refractivity contribution is 7.92. The third-order valence-corrected chi connectivity index (χ3v) is 6.27. The highest BCUT2D eigenvalue weighted by atomic mass is 35.5. The lowest BCUT2D eigenvalue weighted by Gasteiger charge is -2.19. The van der Waals surface area contributed by atoms with Crippen molar-refractivity contribution in [2.75, 3.05) is 37.4 Å². The number of hydrogen-bond acceptors (Lipinski definition) is 10. The maximum Gasteiger partial charge on any atom is 0.422 e. The van der Waals surface area contributed by atoms with Crippen molar-refractivity contribution >= 4 is 27.6 Å². The van der Waals surface area contributed by atoms with Gasteiger partial charge in [-0.15, -0.1) is 10.2 Å². The number of aromatic nitrogens is 6. The molecule has 12 nitrogen and oxygen atoms in total. The predicted octanol–water partition coefficient (Wildman–Crippen LogP) is 2.29. The van der Waals surface area contributed by atoms with Crippen LogP contribution in [0.3, 0.4) is 0 Å². The molecule has 3 aromatic heterocycles. The van der Waals surface area contributed by atoms with Crippen LogP contribution in [0.15, 0.2) is 24.7 Å². The summed E-state index contributed by atoms with van der Waals surface area (Å²) in [4.78, 5) is 11.8. The number of rotatable bonds is 9. The molecule has 1 aliphatic rings. The third kappa shape index (κ3) is 6.11. The molecule has 17 heteroatoms. The van der Waals surface area contributed by atoms with Crippen LogP contribution in [0.4, 0.5) is 19.1 Å². The Morgan fingerprint density at radius 2 is 2.00 bits per heavy atom. The fraction of sp³-hybridized carbons (Fsp3) is 0.421. The smallest absolute Gasteiger partial charge is 0.422 e. The average Bonchev–Trinajstić information content (AvgIpc) is 3.14. The Morgan fingerprint density at radius 1 is 1.25 bits per heavy atom. The summed E-state index contributed by atoms with van der Waals surface area (Å²) in [6.45, 7) is -1.64. The van der Waals surface area contributed by atoms with E-state index in [0.717, 1.165) is 0 Å². The summed E-state index contributed by atoms with van der Waals surface area (Å²) in [5.41, 5.74) is 0.216. The molecular formula is C19H19ClF3N7O5S. The lowest BCUT2D eigenvalue weighted by Crippen LogP contribution is -2.26. The zero-order chi connectivity index (χ0) is 25.9. The molecule has 0 saturated heterocycles. The lowest BCUT2D eigenvalue weighted by atomic mass is 10.2. The van der Waals surface area contributed by atoms with E-state index in [-0.39, 0.29) is 60.2 Å². The molecule has 0 spiro atoms. The maximum absolute atomic E-state index is 12.8. The van der Waals surface area contributed by atoms with E-state index >= 15 is 0 Å². The van der Waals surface area contributed by atoms with E-state index in [1.165, 1.54) is 36.3 Å². The Hall–Kier alpha value is -3.24. The largest absolute Gasteiger partial charge is 0.485 e. The molecule has 0 amide bonds. The van der Waals surface area contributed by atoms with Gasteiger partial charge in [-0.2, -0.15) is 13.2 Å². The summed E-state index contributed by atoms with van der Waals surface area (Å²) in [5, 5.41) is 8.34. The Labute approximate surface area is 207 Å². The number of fused-ring (bicyclic) bond motifs is 3. The van der Waals surface area contributed by atoms with Crippen molar-refractivity contribution in [2.45, 2.75) is 18.6 Å². The zero-order valence-electron chi connectivity index (χ0n) is 18.6. The number of hydrogen-bond donors (Lipinski definition) is 1. The molecule has 4 heterocycles. The van der Waals surface area contributed by atoms with Gasteiger partial charge in [-0.1, -0.05) is 11.6 Å². The van der Waals surface area contributed by atoms with Crippen LogP contribution in [-0.4, -0.2) is 77.0 Å². The van der Waals surface area contributed by atoms with Crippen molar-refractivity contribution in [3.05, 3.63) is 35.5 Å². The van der Waals surface area contributed by atoms with E-state index in [9.17, 15) is 21.6 Å². The molecule has 0 bridgehead atoms. The van der Waals surface area contributed by atoms with Crippen LogP contribution in [0.1, 0.15) is 11.9 Å². The van der Waals surface area contributed by atoms with Crippen LogP contribution in [0.2, 0.25) is 5.02 Å². The fourth-order valence-electron chi connectivity index (χ4n) is 3.34. The number of nitrogens with zero attached hydrogens (tertiary/aromatic N) is 6. The Bertz CT molecular complexity index is 1320. The summed E-state index contributed by atoms with van der Waals surface area (Å²) in [5.74, 6) is -0.551. The van der Waals surface area contributed by atoms with E-state index < -0.39 is 28.8 Å². The molecule has 4 rings (SSSR count). The second-order valence-corrected chi connectivity index (χ2v) is 9.80. The number of alkyl halides is 3. The number of anilines is 1. The highest BCUT2D eigenvalue weighted by Crippen LogP contribution is 2.41. The molecule has 1 atom stereocenters. The topological polar surface area (TPSA) is 143 Å². The summed E-state index contributed by atoms with van der Waals surface area (Å²) >= 11 is 5.74. The van der Waals surface area contributed by atoms with Crippen molar-refractivity contribution in [1.29, 1.82) is 0 Å². The third-order valence-electron chi connectivity index (χ3n) is 4.84. The number of sulfonamides is 1. The van der Waals surface area contributed by atoms with E-state index in [0.29, 0.717) is 5.02 Å². The molecule has 194 valence electrons. The highest BCUT2D eigenvalue weighted by Gasteiger charge is 2.33. The molecule has 3 aromatic rings. The van der Waals surface area contributed by atoms with Gasteiger partial charge in [-0.05, 0) is 6.07 Å². The Morgan fingerprint density at radius 3 is 2.69 bits per heavy atom. The van der Waals surface area contributed by atoms with E-state index in [1.807, 2.05) is 0 Å². The molecule has 1 N–H and O–H groups in total. The lowest BCUT2D eigenvalue weighted by molar-refractivity contribution is -0.154. The van der Waals surface area contributed by atoms with Crippen LogP contribution in [-0.2, 0) is 21.2 Å². The van der Waals surface area contributed by atoms with Gasteiger partial charge in [0.1, 0.15) is 12.4 Å². The fourth-order valence-corrected chi connectivity index (χ4v) is 4.41. The van der Waals surface area contributed by atoms with Gasteiger partial charge >= 0.3 is 6.18 Å². The van der Waals surface area contributed by atoms with Crippen LogP contribution in [0.5, 0.6) is 11.6 Å². The number of aryl methyl sites for hydroxylation is 1. The minimum Gasteiger partial charge on any atom is -0.485 e. The minimum absolute atomic E-state index is 0.00646. The first-order valence-electron chi connectivity index (χ1n) is 10.3. The first-order valence-corrected chi connectivity index (χ1v) is 12.3. The van der Waals surface area contributed by atoms with Crippen molar-refractivity contribution in [3.63, 3.8) is 0 Å².